The maximum atomic E-state index is 10.4. The average Bonchev–Trinajstić information content (AvgIpc) is 3.27. The van der Waals surface area contributed by atoms with E-state index in [1.165, 1.54) is 0 Å². The minimum absolute atomic E-state index is 0.124. The zero-order valence-electron chi connectivity index (χ0n) is 14.2. The summed E-state index contributed by atoms with van der Waals surface area (Å²) in [5, 5.41) is 20.7. The zero-order chi connectivity index (χ0) is 19.0. The fourth-order valence-electron chi connectivity index (χ4n) is 2.94. The van der Waals surface area contributed by atoms with Crippen molar-refractivity contribution in [2.45, 2.75) is 24.7 Å². The van der Waals surface area contributed by atoms with Crippen molar-refractivity contribution >= 4 is 40.7 Å². The molecule has 0 radical (unpaired) electrons. The normalized spacial score (nSPS) is 21.3. The van der Waals surface area contributed by atoms with Gasteiger partial charge in [-0.1, -0.05) is 29.8 Å². The number of hydrogen-bond acceptors (Lipinski definition) is 7. The van der Waals surface area contributed by atoms with Crippen LogP contribution in [0.15, 0.2) is 24.3 Å². The van der Waals surface area contributed by atoms with Gasteiger partial charge in [0.1, 0.15) is 17.4 Å². The molecule has 3 heterocycles. The third-order valence-electron chi connectivity index (χ3n) is 4.34. The van der Waals surface area contributed by atoms with Crippen molar-refractivity contribution in [2.24, 2.45) is 0 Å². The quantitative estimate of drug-likeness (QED) is 0.538. The Morgan fingerprint density at radius 3 is 2.70 bits per heavy atom. The Hall–Kier alpha value is -2.52. The second kappa shape index (κ2) is 7.24. The summed E-state index contributed by atoms with van der Waals surface area (Å²) in [6.45, 7) is 0.182. The number of aliphatic hydroxyl groups excluding tert-OH is 2. The van der Waals surface area contributed by atoms with E-state index in [1.807, 2.05) is 18.2 Å². The number of anilines is 1. The number of fused-ring (bicyclic) bond motifs is 1. The number of nitrogen functional groups attached to an aromatic ring is 1. The molecule has 1 aliphatic rings. The highest BCUT2D eigenvalue weighted by Gasteiger charge is 2.32. The van der Waals surface area contributed by atoms with E-state index in [4.69, 9.17) is 22.1 Å². The second-order valence-corrected chi connectivity index (χ2v) is 6.82. The van der Waals surface area contributed by atoms with Gasteiger partial charge in [-0.05, 0) is 23.8 Å². The number of halogens is 1. The van der Waals surface area contributed by atoms with Crippen LogP contribution in [0.25, 0.3) is 23.3 Å². The van der Waals surface area contributed by atoms with Gasteiger partial charge in [0.25, 0.3) is 0 Å². The van der Waals surface area contributed by atoms with E-state index in [-0.39, 0.29) is 18.2 Å². The molecule has 0 saturated carbocycles. The summed E-state index contributed by atoms with van der Waals surface area (Å²) >= 11 is 5.88. The number of ether oxygens (including phenoxy) is 1. The molecule has 0 aliphatic carbocycles. The highest BCUT2D eigenvalue weighted by molar-refractivity contribution is 6.30. The fourth-order valence-corrected chi connectivity index (χ4v) is 3.07. The van der Waals surface area contributed by atoms with Crippen LogP contribution in [0.1, 0.15) is 29.7 Å². The summed E-state index contributed by atoms with van der Waals surface area (Å²) in [4.78, 5) is 15.9. The molecule has 2 aromatic heterocycles. The first-order chi connectivity index (χ1) is 13.0. The molecule has 1 saturated heterocycles. The molecule has 0 bridgehead atoms. The monoisotopic (exact) mass is 387 g/mol. The number of aromatic amines is 1. The number of aromatic nitrogens is 4. The molecule has 8 nitrogen and oxygen atoms in total. The standard InChI is InChI=1S/C18H18ClN5O3/c19-10-4-1-9(2-5-10)3-6-13-21-14-16(20)23-18(24-17(14)22-13)15(26)12-7-11(25)8-27-12/h1-6,11-12,15,25-26H,7-8H2,(H3,20,21,22,23,24)/b6-3+. The summed E-state index contributed by atoms with van der Waals surface area (Å²) in [5.41, 5.74) is 7.81. The number of nitrogens with one attached hydrogen (secondary N) is 1. The summed E-state index contributed by atoms with van der Waals surface area (Å²) in [7, 11) is 0. The molecular formula is C18H18ClN5O3. The van der Waals surface area contributed by atoms with Gasteiger partial charge >= 0.3 is 0 Å². The van der Waals surface area contributed by atoms with Crippen molar-refractivity contribution in [3.8, 4) is 0 Å². The van der Waals surface area contributed by atoms with Crippen LogP contribution >= 0.6 is 11.6 Å². The molecule has 0 amide bonds. The lowest BCUT2D eigenvalue weighted by atomic mass is 10.1. The summed E-state index contributed by atoms with van der Waals surface area (Å²) in [6, 6.07) is 7.39. The van der Waals surface area contributed by atoms with Crippen molar-refractivity contribution in [1.29, 1.82) is 0 Å². The van der Waals surface area contributed by atoms with E-state index < -0.39 is 18.3 Å². The molecule has 1 aliphatic heterocycles. The molecule has 27 heavy (non-hydrogen) atoms. The van der Waals surface area contributed by atoms with Gasteiger partial charge in [-0.15, -0.1) is 0 Å². The number of nitrogens with two attached hydrogens (primary N) is 1. The van der Waals surface area contributed by atoms with Crippen molar-refractivity contribution < 1.29 is 14.9 Å². The van der Waals surface area contributed by atoms with Crippen molar-refractivity contribution in [3.05, 3.63) is 46.5 Å². The zero-order valence-corrected chi connectivity index (χ0v) is 15.0. The third-order valence-corrected chi connectivity index (χ3v) is 4.59. The molecule has 3 unspecified atom stereocenters. The van der Waals surface area contributed by atoms with Crippen LogP contribution in [0.2, 0.25) is 5.02 Å². The summed E-state index contributed by atoms with van der Waals surface area (Å²) < 4.78 is 5.36. The van der Waals surface area contributed by atoms with E-state index in [1.54, 1.807) is 18.2 Å². The molecule has 4 rings (SSSR count). The topological polar surface area (TPSA) is 130 Å². The van der Waals surface area contributed by atoms with Gasteiger partial charge in [0, 0.05) is 11.4 Å². The first-order valence-electron chi connectivity index (χ1n) is 8.44. The number of H-pyrrole nitrogens is 1. The van der Waals surface area contributed by atoms with Gasteiger partial charge in [-0.25, -0.2) is 15.0 Å². The lowest BCUT2D eigenvalue weighted by Crippen LogP contribution is -2.20. The van der Waals surface area contributed by atoms with Gasteiger partial charge in [0.05, 0.1) is 18.8 Å². The number of aliphatic hydroxyl groups is 2. The van der Waals surface area contributed by atoms with Gasteiger partial charge in [-0.3, -0.25) is 0 Å². The number of benzene rings is 1. The van der Waals surface area contributed by atoms with Gasteiger partial charge < -0.3 is 25.7 Å². The summed E-state index contributed by atoms with van der Waals surface area (Å²) in [6.07, 6.45) is 1.73. The van der Waals surface area contributed by atoms with E-state index in [0.717, 1.165) is 5.56 Å². The first-order valence-corrected chi connectivity index (χ1v) is 8.82. The number of hydrogen-bond donors (Lipinski definition) is 4. The Labute approximate surface area is 159 Å². The van der Waals surface area contributed by atoms with Crippen LogP contribution in [-0.2, 0) is 4.74 Å². The predicted octanol–water partition coefficient (Wildman–Crippen LogP) is 1.94. The molecule has 140 valence electrons. The van der Waals surface area contributed by atoms with E-state index in [9.17, 15) is 10.2 Å². The Morgan fingerprint density at radius 2 is 2.00 bits per heavy atom. The number of nitrogens with zero attached hydrogens (tertiary/aromatic N) is 3. The third kappa shape index (κ3) is 3.79. The largest absolute Gasteiger partial charge is 0.391 e. The van der Waals surface area contributed by atoms with Crippen LogP contribution in [0.3, 0.4) is 0 Å². The lowest BCUT2D eigenvalue weighted by molar-refractivity contribution is -0.00843. The van der Waals surface area contributed by atoms with Gasteiger partial charge in [0.15, 0.2) is 17.3 Å². The first kappa shape index (κ1) is 17.9. The van der Waals surface area contributed by atoms with Gasteiger partial charge in [-0.2, -0.15) is 0 Å². The maximum absolute atomic E-state index is 10.4. The van der Waals surface area contributed by atoms with E-state index in [0.29, 0.717) is 28.4 Å². The fraction of sp³-hybridized carbons (Fsp3) is 0.278. The Morgan fingerprint density at radius 1 is 1.22 bits per heavy atom. The minimum atomic E-state index is -1.08. The molecule has 1 aromatic carbocycles. The van der Waals surface area contributed by atoms with Crippen LogP contribution in [0.5, 0.6) is 0 Å². The van der Waals surface area contributed by atoms with E-state index >= 15 is 0 Å². The number of imidazole rings is 1. The Kier molecular flexibility index (Phi) is 4.79. The molecule has 1 fully saturated rings. The van der Waals surface area contributed by atoms with Crippen LogP contribution in [0, 0.1) is 0 Å². The molecule has 3 aromatic rings. The highest BCUT2D eigenvalue weighted by atomic mass is 35.5. The number of rotatable bonds is 4. The maximum Gasteiger partial charge on any atom is 0.183 e. The minimum Gasteiger partial charge on any atom is -0.391 e. The predicted molar refractivity (Wildman–Crippen MR) is 102 cm³/mol. The van der Waals surface area contributed by atoms with Crippen LogP contribution in [0.4, 0.5) is 5.82 Å². The van der Waals surface area contributed by atoms with Crippen LogP contribution in [-0.4, -0.2) is 49.0 Å². The average molecular weight is 388 g/mol. The van der Waals surface area contributed by atoms with Crippen molar-refractivity contribution in [3.63, 3.8) is 0 Å². The van der Waals surface area contributed by atoms with Crippen molar-refractivity contribution in [1.82, 2.24) is 19.9 Å². The molecular weight excluding hydrogens is 370 g/mol. The second-order valence-electron chi connectivity index (χ2n) is 6.38. The molecule has 5 N–H and O–H groups in total. The lowest BCUT2D eigenvalue weighted by Gasteiger charge is -2.15. The van der Waals surface area contributed by atoms with Crippen molar-refractivity contribution in [2.75, 3.05) is 12.3 Å². The van der Waals surface area contributed by atoms with Crippen LogP contribution < -0.4 is 5.73 Å². The smallest absolute Gasteiger partial charge is 0.183 e. The van der Waals surface area contributed by atoms with Gasteiger partial charge in [0.2, 0.25) is 0 Å². The molecule has 9 heteroatoms. The van der Waals surface area contributed by atoms with E-state index in [2.05, 4.69) is 19.9 Å². The highest BCUT2D eigenvalue weighted by Crippen LogP contribution is 2.27. The Balaban J connectivity index is 1.60. The molecule has 0 spiro atoms. The SMILES string of the molecule is Nc1nc(C(O)C2CC(O)CO2)nc2nc(/C=C/c3ccc(Cl)cc3)[nH]c12. The summed E-state index contributed by atoms with van der Waals surface area (Å²) in [5.74, 6) is 0.866. The molecule has 3 atom stereocenters. The Bertz CT molecular complexity index is 989.